The van der Waals surface area contributed by atoms with Crippen molar-refractivity contribution in [2.24, 2.45) is 0 Å². The predicted molar refractivity (Wildman–Crippen MR) is 52.4 cm³/mol. The molecule has 0 spiro atoms. The summed E-state index contributed by atoms with van der Waals surface area (Å²) in [4.78, 5) is 16.7. The smallest absolute Gasteiger partial charge is 0.231 e. The van der Waals surface area contributed by atoms with Crippen molar-refractivity contribution < 1.29 is 9.59 Å². The Kier molecular flexibility index (Phi) is 11.0. The number of nitrogen functional groups attached to an aromatic ring is 1. The van der Waals surface area contributed by atoms with Crippen molar-refractivity contribution >= 4 is 17.8 Å². The number of carbonyl (C=O) groups excluding carboxylic acids is 2. The van der Waals surface area contributed by atoms with Crippen LogP contribution in [0.5, 0.6) is 0 Å². The molecule has 4 N–H and O–H groups in total. The van der Waals surface area contributed by atoms with Crippen molar-refractivity contribution in [1.82, 2.24) is 0 Å². The molecule has 0 aliphatic heterocycles. The number of nitrogens with two attached hydrogens (primary N) is 1. The maximum absolute atomic E-state index is 8.35. The van der Waals surface area contributed by atoms with Crippen LogP contribution in [0.3, 0.4) is 0 Å². The zero-order valence-corrected chi connectivity index (χ0v) is 7.70. The number of isocyanates is 2. The fraction of sp³-hybridized carbons (Fsp3) is 0.111. The third-order valence-corrected chi connectivity index (χ3v) is 1.04. The quantitative estimate of drug-likeness (QED) is 0.329. The average molecular weight is 193 g/mol. The molecule has 0 aliphatic rings. The molecule has 1 aromatic rings. The molecule has 0 aliphatic carbocycles. The normalized spacial score (nSPS) is 6.36. The van der Waals surface area contributed by atoms with Gasteiger partial charge in [-0.3, -0.25) is 0 Å². The Labute approximate surface area is 81.6 Å². The van der Waals surface area contributed by atoms with Crippen LogP contribution in [0.25, 0.3) is 0 Å². The van der Waals surface area contributed by atoms with Gasteiger partial charge in [0, 0.05) is 5.69 Å². The van der Waals surface area contributed by atoms with E-state index in [2.05, 4.69) is 0 Å². The number of nitrogens with one attached hydrogen (secondary N) is 2. The van der Waals surface area contributed by atoms with Crippen molar-refractivity contribution in [2.45, 2.75) is 6.92 Å². The van der Waals surface area contributed by atoms with Crippen molar-refractivity contribution in [2.75, 3.05) is 5.73 Å². The minimum Gasteiger partial charge on any atom is -0.399 e. The zero-order chi connectivity index (χ0) is 11.4. The van der Waals surface area contributed by atoms with Gasteiger partial charge in [-0.25, -0.2) is 20.4 Å². The van der Waals surface area contributed by atoms with E-state index in [9.17, 15) is 0 Å². The summed E-state index contributed by atoms with van der Waals surface area (Å²) in [6.45, 7) is 2.02. The lowest BCUT2D eigenvalue weighted by atomic mass is 10.2. The molecule has 0 fully saturated rings. The summed E-state index contributed by atoms with van der Waals surface area (Å²) < 4.78 is 0. The Hall–Kier alpha value is -2.22. The molecule has 0 atom stereocenters. The third kappa shape index (κ3) is 12.5. The topological polar surface area (TPSA) is 108 Å². The molecule has 1 rings (SSSR count). The van der Waals surface area contributed by atoms with E-state index in [-0.39, 0.29) is 0 Å². The number of hydrogen-bond acceptors (Lipinski definition) is 5. The first-order chi connectivity index (χ1) is 6.62. The Morgan fingerprint density at radius 1 is 1.21 bits per heavy atom. The molecule has 0 aromatic heterocycles. The van der Waals surface area contributed by atoms with Crippen LogP contribution in [-0.2, 0) is 9.59 Å². The molecule has 74 valence electrons. The summed E-state index contributed by atoms with van der Waals surface area (Å²) in [5.74, 6) is 0. The van der Waals surface area contributed by atoms with Crippen LogP contribution in [-0.4, -0.2) is 12.2 Å². The second-order valence-corrected chi connectivity index (χ2v) is 2.12. The van der Waals surface area contributed by atoms with Crippen LogP contribution in [0.15, 0.2) is 24.3 Å². The van der Waals surface area contributed by atoms with Crippen LogP contribution in [0, 0.1) is 17.7 Å². The summed E-state index contributed by atoms with van der Waals surface area (Å²) >= 11 is 0. The molecular weight excluding hydrogens is 182 g/mol. The molecule has 0 bridgehead atoms. The fourth-order valence-corrected chi connectivity index (χ4v) is 0.670. The number of aryl methyl sites for hydroxylation is 1. The highest BCUT2D eigenvalue weighted by atomic mass is 16.1. The zero-order valence-electron chi connectivity index (χ0n) is 7.70. The van der Waals surface area contributed by atoms with E-state index in [1.165, 1.54) is 5.56 Å². The van der Waals surface area contributed by atoms with E-state index in [1.807, 2.05) is 31.2 Å². The summed E-state index contributed by atoms with van der Waals surface area (Å²) in [6, 6.07) is 7.80. The van der Waals surface area contributed by atoms with E-state index in [1.54, 1.807) is 0 Å². The summed E-state index contributed by atoms with van der Waals surface area (Å²) in [5.41, 5.74) is 7.51. The van der Waals surface area contributed by atoms with Gasteiger partial charge >= 0.3 is 0 Å². The predicted octanol–water partition coefficient (Wildman–Crippen LogP) is 1.38. The van der Waals surface area contributed by atoms with Crippen LogP contribution in [0.1, 0.15) is 5.56 Å². The highest BCUT2D eigenvalue weighted by Crippen LogP contribution is 2.03. The van der Waals surface area contributed by atoms with Crippen molar-refractivity contribution in [3.63, 3.8) is 0 Å². The SMILES string of the molecule is Cc1cccc(N)c1.N=C=O.N=C=O. The molecule has 1 aromatic carbocycles. The fourth-order valence-electron chi connectivity index (χ4n) is 0.670. The highest BCUT2D eigenvalue weighted by molar-refractivity contribution is 5.39. The van der Waals surface area contributed by atoms with E-state index in [0.717, 1.165) is 17.8 Å². The van der Waals surface area contributed by atoms with Gasteiger partial charge in [-0.05, 0) is 24.6 Å². The number of anilines is 1. The van der Waals surface area contributed by atoms with Gasteiger partial charge in [-0.1, -0.05) is 12.1 Å². The van der Waals surface area contributed by atoms with Gasteiger partial charge in [0.2, 0.25) is 12.2 Å². The molecule has 0 unspecified atom stereocenters. The Morgan fingerprint density at radius 3 is 1.86 bits per heavy atom. The largest absolute Gasteiger partial charge is 0.399 e. The average Bonchev–Trinajstić information content (AvgIpc) is 2.06. The standard InChI is InChI=1S/C7H9N.2CHNO/c1-6-3-2-4-7(8)5-6;2*2-1-3/h2-5H,8H2,1H3;2*2H. The Morgan fingerprint density at radius 2 is 1.64 bits per heavy atom. The maximum Gasteiger partial charge on any atom is 0.231 e. The van der Waals surface area contributed by atoms with E-state index >= 15 is 0 Å². The van der Waals surface area contributed by atoms with Crippen molar-refractivity contribution in [1.29, 1.82) is 10.8 Å². The van der Waals surface area contributed by atoms with Crippen LogP contribution >= 0.6 is 0 Å². The van der Waals surface area contributed by atoms with Gasteiger partial charge in [-0.15, -0.1) is 0 Å². The Balaban J connectivity index is 0. The third-order valence-electron chi connectivity index (χ3n) is 1.04. The number of hydrogen-bond donors (Lipinski definition) is 3. The van der Waals surface area contributed by atoms with Crippen LogP contribution in [0.2, 0.25) is 0 Å². The monoisotopic (exact) mass is 193 g/mol. The van der Waals surface area contributed by atoms with E-state index < -0.39 is 0 Å². The van der Waals surface area contributed by atoms with Gasteiger partial charge in [0.15, 0.2) is 0 Å². The lowest BCUT2D eigenvalue weighted by Gasteiger charge is -1.91. The highest BCUT2D eigenvalue weighted by Gasteiger charge is 1.81. The molecule has 14 heavy (non-hydrogen) atoms. The lowest BCUT2D eigenvalue weighted by Crippen LogP contribution is -1.82. The number of rotatable bonds is 0. The molecule has 0 saturated carbocycles. The molecule has 5 heteroatoms. The Bertz CT molecular complexity index is 295. The van der Waals surface area contributed by atoms with Crippen LogP contribution in [0.4, 0.5) is 5.69 Å². The summed E-state index contributed by atoms with van der Waals surface area (Å²) in [5, 5.41) is 10.8. The van der Waals surface area contributed by atoms with Gasteiger partial charge in [0.25, 0.3) is 0 Å². The summed E-state index contributed by atoms with van der Waals surface area (Å²) in [6.07, 6.45) is 1.50. The minimum atomic E-state index is 0.750. The first-order valence-electron chi connectivity index (χ1n) is 3.52. The maximum atomic E-state index is 8.35. The first kappa shape index (κ1) is 14.3. The summed E-state index contributed by atoms with van der Waals surface area (Å²) in [7, 11) is 0. The van der Waals surface area contributed by atoms with Crippen LogP contribution < -0.4 is 5.73 Å². The van der Waals surface area contributed by atoms with Crippen molar-refractivity contribution in [3.05, 3.63) is 29.8 Å². The molecule has 5 nitrogen and oxygen atoms in total. The molecule has 0 radical (unpaired) electrons. The number of benzene rings is 1. The second kappa shape index (κ2) is 10.8. The van der Waals surface area contributed by atoms with E-state index in [0.29, 0.717) is 0 Å². The first-order valence-corrected chi connectivity index (χ1v) is 3.52. The van der Waals surface area contributed by atoms with Gasteiger partial charge in [0.1, 0.15) is 0 Å². The van der Waals surface area contributed by atoms with Gasteiger partial charge in [-0.2, -0.15) is 0 Å². The molecular formula is C9H11N3O2. The van der Waals surface area contributed by atoms with E-state index in [4.69, 9.17) is 26.1 Å². The van der Waals surface area contributed by atoms with Gasteiger partial charge in [0.05, 0.1) is 0 Å². The molecule has 0 saturated heterocycles. The van der Waals surface area contributed by atoms with Crippen molar-refractivity contribution in [3.8, 4) is 0 Å². The molecule has 0 heterocycles. The molecule has 0 amide bonds. The lowest BCUT2D eigenvalue weighted by molar-refractivity contribution is 0.562. The second-order valence-electron chi connectivity index (χ2n) is 2.12. The van der Waals surface area contributed by atoms with Gasteiger partial charge < -0.3 is 5.73 Å². The minimum absolute atomic E-state index is 0.750.